The Labute approximate surface area is 170 Å². The van der Waals surface area contributed by atoms with E-state index in [-0.39, 0.29) is 18.8 Å². The third-order valence-electron chi connectivity index (χ3n) is 3.57. The number of anilines is 1. The zero-order valence-corrected chi connectivity index (χ0v) is 16.4. The fraction of sp³-hybridized carbons (Fsp3) is 0.150. The Bertz CT molecular complexity index is 930. The first-order chi connectivity index (χ1) is 13.6. The Morgan fingerprint density at radius 3 is 2.61 bits per heavy atom. The van der Waals surface area contributed by atoms with E-state index < -0.39 is 11.9 Å². The topological polar surface area (TPSA) is 68.3 Å². The quantitative estimate of drug-likeness (QED) is 0.429. The van der Waals surface area contributed by atoms with Crippen molar-refractivity contribution in [3.63, 3.8) is 0 Å². The molecule has 0 atom stereocenters. The summed E-state index contributed by atoms with van der Waals surface area (Å²) >= 11 is 2.80. The Hall–Kier alpha value is -2.71. The van der Waals surface area contributed by atoms with Gasteiger partial charge in [-0.05, 0) is 36.4 Å². The number of nitrogens with zero attached hydrogens (tertiary/aromatic N) is 1. The SMILES string of the molecule is O=C(COC(=O)CCSc1ccccc1)Nc1nc(-c2ccc(F)cc2)cs1. The van der Waals surface area contributed by atoms with Crippen LogP contribution in [0.4, 0.5) is 9.52 Å². The molecule has 3 aromatic rings. The number of aromatic nitrogens is 1. The smallest absolute Gasteiger partial charge is 0.307 e. The summed E-state index contributed by atoms with van der Waals surface area (Å²) in [6.07, 6.45) is 0.221. The second-order valence-corrected chi connectivity index (χ2v) is 7.69. The van der Waals surface area contributed by atoms with Crippen molar-refractivity contribution in [3.05, 3.63) is 65.8 Å². The van der Waals surface area contributed by atoms with Crippen LogP contribution in [0.1, 0.15) is 6.42 Å². The van der Waals surface area contributed by atoms with Crippen molar-refractivity contribution in [2.24, 2.45) is 0 Å². The van der Waals surface area contributed by atoms with Crippen molar-refractivity contribution in [3.8, 4) is 11.3 Å². The first kappa shape index (κ1) is 20.0. The summed E-state index contributed by atoms with van der Waals surface area (Å²) in [6.45, 7) is -0.361. The number of rotatable bonds is 8. The minimum atomic E-state index is -0.455. The first-order valence-corrected chi connectivity index (χ1v) is 10.3. The maximum atomic E-state index is 13.0. The van der Waals surface area contributed by atoms with Crippen molar-refractivity contribution in [2.75, 3.05) is 17.7 Å². The zero-order chi connectivity index (χ0) is 19.8. The largest absolute Gasteiger partial charge is 0.456 e. The minimum Gasteiger partial charge on any atom is -0.456 e. The molecule has 0 spiro atoms. The van der Waals surface area contributed by atoms with E-state index in [0.717, 1.165) is 10.5 Å². The van der Waals surface area contributed by atoms with Crippen molar-refractivity contribution in [1.82, 2.24) is 4.98 Å². The minimum absolute atomic E-state index is 0.221. The third kappa shape index (κ3) is 6.17. The molecule has 0 aliphatic heterocycles. The van der Waals surface area contributed by atoms with E-state index in [4.69, 9.17) is 4.74 Å². The molecule has 0 saturated carbocycles. The summed E-state index contributed by atoms with van der Waals surface area (Å²) in [6, 6.07) is 15.7. The molecule has 0 aliphatic carbocycles. The number of hydrogen-bond acceptors (Lipinski definition) is 6. The Morgan fingerprint density at radius 1 is 1.11 bits per heavy atom. The Morgan fingerprint density at radius 2 is 1.86 bits per heavy atom. The van der Waals surface area contributed by atoms with Crippen LogP contribution in [0.25, 0.3) is 11.3 Å². The highest BCUT2D eigenvalue weighted by molar-refractivity contribution is 7.99. The normalized spacial score (nSPS) is 10.5. The highest BCUT2D eigenvalue weighted by Crippen LogP contribution is 2.25. The van der Waals surface area contributed by atoms with Gasteiger partial charge in [-0.3, -0.25) is 14.9 Å². The van der Waals surface area contributed by atoms with Crippen LogP contribution in [0.2, 0.25) is 0 Å². The van der Waals surface area contributed by atoms with Crippen LogP contribution < -0.4 is 5.32 Å². The first-order valence-electron chi connectivity index (χ1n) is 8.45. The summed E-state index contributed by atoms with van der Waals surface area (Å²) in [5.74, 6) is -0.622. The second kappa shape index (κ2) is 10.0. The van der Waals surface area contributed by atoms with Gasteiger partial charge >= 0.3 is 5.97 Å². The van der Waals surface area contributed by atoms with Gasteiger partial charge in [0.25, 0.3) is 5.91 Å². The summed E-state index contributed by atoms with van der Waals surface area (Å²) in [7, 11) is 0. The average Bonchev–Trinajstić information content (AvgIpc) is 3.16. The van der Waals surface area contributed by atoms with Gasteiger partial charge in [0, 0.05) is 21.6 Å². The van der Waals surface area contributed by atoms with E-state index in [1.165, 1.54) is 23.5 Å². The lowest BCUT2D eigenvalue weighted by Crippen LogP contribution is -2.20. The lowest BCUT2D eigenvalue weighted by molar-refractivity contribution is -0.146. The number of ether oxygens (including phenoxy) is 1. The predicted octanol–water partition coefficient (Wildman–Crippen LogP) is 4.61. The number of halogens is 1. The summed E-state index contributed by atoms with van der Waals surface area (Å²) in [4.78, 5) is 29.0. The zero-order valence-electron chi connectivity index (χ0n) is 14.8. The van der Waals surface area contributed by atoms with Gasteiger partial charge in [0.05, 0.1) is 12.1 Å². The molecule has 1 heterocycles. The van der Waals surface area contributed by atoms with E-state index in [2.05, 4.69) is 10.3 Å². The van der Waals surface area contributed by atoms with Gasteiger partial charge in [-0.25, -0.2) is 9.37 Å². The monoisotopic (exact) mass is 416 g/mol. The van der Waals surface area contributed by atoms with Gasteiger partial charge in [-0.2, -0.15) is 0 Å². The maximum absolute atomic E-state index is 13.0. The van der Waals surface area contributed by atoms with Gasteiger partial charge in [-0.1, -0.05) is 18.2 Å². The molecule has 1 N–H and O–H groups in total. The molecular weight excluding hydrogens is 399 g/mol. The number of thiazole rings is 1. The van der Waals surface area contributed by atoms with E-state index in [1.807, 2.05) is 30.3 Å². The highest BCUT2D eigenvalue weighted by Gasteiger charge is 2.11. The number of amides is 1. The molecule has 0 radical (unpaired) electrons. The highest BCUT2D eigenvalue weighted by atomic mass is 32.2. The number of carbonyl (C=O) groups excluding carboxylic acids is 2. The molecule has 1 aromatic heterocycles. The number of hydrogen-bond donors (Lipinski definition) is 1. The number of nitrogens with one attached hydrogen (secondary N) is 1. The van der Waals surface area contributed by atoms with Crippen LogP contribution in [0.5, 0.6) is 0 Å². The number of benzene rings is 2. The molecule has 0 saturated heterocycles. The van der Waals surface area contributed by atoms with Gasteiger partial charge in [0.2, 0.25) is 0 Å². The van der Waals surface area contributed by atoms with Crippen LogP contribution >= 0.6 is 23.1 Å². The number of carbonyl (C=O) groups is 2. The molecule has 28 heavy (non-hydrogen) atoms. The summed E-state index contributed by atoms with van der Waals surface area (Å²) in [5.41, 5.74) is 1.38. The van der Waals surface area contributed by atoms with Crippen LogP contribution in [-0.4, -0.2) is 29.2 Å². The van der Waals surface area contributed by atoms with E-state index in [1.54, 1.807) is 29.3 Å². The van der Waals surface area contributed by atoms with Crippen molar-refractivity contribution >= 4 is 40.1 Å². The summed E-state index contributed by atoms with van der Waals surface area (Å²) < 4.78 is 18.0. The molecule has 1 amide bonds. The molecule has 0 bridgehead atoms. The van der Waals surface area contributed by atoms with Crippen LogP contribution in [0.15, 0.2) is 64.9 Å². The molecule has 144 valence electrons. The number of esters is 1. The standard InChI is InChI=1S/C20H17FN2O3S2/c21-15-8-6-14(7-9-15)17-13-28-20(22-17)23-18(24)12-26-19(25)10-11-27-16-4-2-1-3-5-16/h1-9,13H,10-12H2,(H,22,23,24). The van der Waals surface area contributed by atoms with Crippen molar-refractivity contribution in [2.45, 2.75) is 11.3 Å². The molecular formula is C20H17FN2O3S2. The lowest BCUT2D eigenvalue weighted by atomic mass is 10.2. The van der Waals surface area contributed by atoms with Crippen LogP contribution in [0.3, 0.4) is 0 Å². The average molecular weight is 416 g/mol. The van der Waals surface area contributed by atoms with Gasteiger partial charge in [0.15, 0.2) is 11.7 Å². The van der Waals surface area contributed by atoms with Crippen LogP contribution in [0, 0.1) is 5.82 Å². The van der Waals surface area contributed by atoms with Gasteiger partial charge < -0.3 is 4.74 Å². The van der Waals surface area contributed by atoms with E-state index in [0.29, 0.717) is 16.6 Å². The lowest BCUT2D eigenvalue weighted by Gasteiger charge is -2.05. The van der Waals surface area contributed by atoms with E-state index >= 15 is 0 Å². The van der Waals surface area contributed by atoms with Gasteiger partial charge in [0.1, 0.15) is 5.82 Å². The van der Waals surface area contributed by atoms with E-state index in [9.17, 15) is 14.0 Å². The molecule has 3 rings (SSSR count). The summed E-state index contributed by atoms with van der Waals surface area (Å²) in [5, 5.41) is 4.74. The van der Waals surface area contributed by atoms with Gasteiger partial charge in [-0.15, -0.1) is 23.1 Å². The molecule has 8 heteroatoms. The Balaban J connectivity index is 1.39. The maximum Gasteiger partial charge on any atom is 0.307 e. The van der Waals surface area contributed by atoms with Crippen molar-refractivity contribution < 1.29 is 18.7 Å². The Kier molecular flexibility index (Phi) is 7.16. The predicted molar refractivity (Wildman–Crippen MR) is 109 cm³/mol. The van der Waals surface area contributed by atoms with Crippen LogP contribution in [-0.2, 0) is 14.3 Å². The van der Waals surface area contributed by atoms with Crippen molar-refractivity contribution in [1.29, 1.82) is 0 Å². The molecule has 5 nitrogen and oxygen atoms in total. The third-order valence-corrected chi connectivity index (χ3v) is 5.34. The molecule has 0 unspecified atom stereocenters. The molecule has 0 fully saturated rings. The fourth-order valence-corrected chi connectivity index (χ4v) is 3.82. The fourth-order valence-electron chi connectivity index (χ4n) is 2.23. The molecule has 0 aliphatic rings. The number of thioether (sulfide) groups is 1. The molecule has 2 aromatic carbocycles. The second-order valence-electron chi connectivity index (χ2n) is 5.67.